The maximum Gasteiger partial charge on any atom is 0.410 e. The first-order valence-electron chi connectivity index (χ1n) is 14.2. The number of nitrogens with zero attached hydrogens (tertiary/aromatic N) is 5. The molecule has 1 fully saturated rings. The number of fused-ring (bicyclic) bond motifs is 2. The first-order valence-corrected chi connectivity index (χ1v) is 16.5. The van der Waals surface area contributed by atoms with Crippen LogP contribution in [-0.4, -0.2) is 63.9 Å². The van der Waals surface area contributed by atoms with E-state index in [1.807, 2.05) is 52.9 Å². The first-order chi connectivity index (χ1) is 20.8. The zero-order chi connectivity index (χ0) is 31.6. The van der Waals surface area contributed by atoms with Gasteiger partial charge >= 0.3 is 6.09 Å². The summed E-state index contributed by atoms with van der Waals surface area (Å²) in [5, 5.41) is 5.93. The van der Waals surface area contributed by atoms with Gasteiger partial charge in [0.05, 0.1) is 23.2 Å². The van der Waals surface area contributed by atoms with Crippen LogP contribution in [0.4, 0.5) is 4.79 Å². The van der Waals surface area contributed by atoms with E-state index in [0.29, 0.717) is 28.5 Å². The number of hydrogen-bond donors (Lipinski definition) is 0. The van der Waals surface area contributed by atoms with Crippen molar-refractivity contribution in [1.82, 2.24) is 23.6 Å². The van der Waals surface area contributed by atoms with Gasteiger partial charge in [-0.15, -0.1) is 0 Å². The van der Waals surface area contributed by atoms with Gasteiger partial charge in [-0.25, -0.2) is 22.2 Å². The summed E-state index contributed by atoms with van der Waals surface area (Å²) in [6.45, 7) is 8.07. The van der Waals surface area contributed by atoms with Crippen LogP contribution >= 0.6 is 15.9 Å². The number of pyridine rings is 1. The summed E-state index contributed by atoms with van der Waals surface area (Å²) < 4.78 is 43.9. The Bertz CT molecular complexity index is 2030. The second-order valence-electron chi connectivity index (χ2n) is 12.2. The molecule has 6 rings (SSSR count). The minimum absolute atomic E-state index is 0.134. The number of amides is 1. The number of hydrogen-bond acceptors (Lipinski definition) is 7. The fourth-order valence-corrected chi connectivity index (χ4v) is 8.66. The lowest BCUT2D eigenvalue weighted by Gasteiger charge is -2.31. The summed E-state index contributed by atoms with van der Waals surface area (Å²) in [5.74, 6) is 0. The van der Waals surface area contributed by atoms with Crippen molar-refractivity contribution in [3.05, 3.63) is 76.7 Å². The third-order valence-electron chi connectivity index (χ3n) is 8.12. The van der Waals surface area contributed by atoms with E-state index in [4.69, 9.17) is 14.5 Å². The molecule has 1 aliphatic heterocycles. The van der Waals surface area contributed by atoms with Crippen LogP contribution in [0.2, 0.25) is 0 Å². The van der Waals surface area contributed by atoms with Gasteiger partial charge in [-0.2, -0.15) is 5.10 Å². The van der Waals surface area contributed by atoms with Gasteiger partial charge in [0, 0.05) is 55.2 Å². The van der Waals surface area contributed by atoms with Crippen molar-refractivity contribution in [2.24, 2.45) is 7.05 Å². The molecule has 230 valence electrons. The Morgan fingerprint density at radius 1 is 1.09 bits per heavy atom. The molecule has 1 aliphatic rings. The Morgan fingerprint density at radius 3 is 2.50 bits per heavy atom. The standard InChI is InChI=1S/C32H34BrN5O5S/c1-20-17-34-29-26(27(20)32(42-6)14-15-37(19-32)30(39)43-31(2,3)4)25(21-12-13-24-22(16-21)18-35-36(24)5)28(33)38(29)44(40,41)23-10-8-7-9-11-23/h7-13,16-18H,14-15,19H2,1-6H3. The Hall–Kier alpha value is -3.74. The second kappa shape index (κ2) is 10.7. The third kappa shape index (κ3) is 4.89. The topological polar surface area (TPSA) is 109 Å². The van der Waals surface area contributed by atoms with Crippen molar-refractivity contribution >= 4 is 54.0 Å². The Kier molecular flexibility index (Phi) is 7.37. The van der Waals surface area contributed by atoms with E-state index in [9.17, 15) is 13.2 Å². The molecule has 4 heterocycles. The SMILES string of the molecule is COC1(c2c(C)cnc3c2c(-c2ccc4c(cnn4C)c2)c(Br)n3S(=O)(=O)c2ccccc2)CCN(C(=O)OC(C)(C)C)C1. The van der Waals surface area contributed by atoms with Gasteiger partial charge in [-0.3, -0.25) is 4.68 Å². The fourth-order valence-electron chi connectivity index (χ4n) is 6.11. The van der Waals surface area contributed by atoms with Crippen LogP contribution in [0, 0.1) is 6.92 Å². The smallest absolute Gasteiger partial charge is 0.410 e. The van der Waals surface area contributed by atoms with E-state index < -0.39 is 27.3 Å². The molecule has 1 amide bonds. The van der Waals surface area contributed by atoms with Gasteiger partial charge in [-0.1, -0.05) is 24.3 Å². The molecule has 0 N–H and O–H groups in total. The highest BCUT2D eigenvalue weighted by molar-refractivity contribution is 9.10. The van der Waals surface area contributed by atoms with Crippen LogP contribution in [0.25, 0.3) is 33.1 Å². The Labute approximate surface area is 264 Å². The summed E-state index contributed by atoms with van der Waals surface area (Å²) in [4.78, 5) is 19.6. The Morgan fingerprint density at radius 2 is 1.82 bits per heavy atom. The number of carbonyl (C=O) groups excluding carboxylic acids is 1. The molecule has 0 radical (unpaired) electrons. The number of rotatable bonds is 5. The molecule has 3 aromatic heterocycles. The van der Waals surface area contributed by atoms with Gasteiger partial charge < -0.3 is 14.4 Å². The predicted octanol–water partition coefficient (Wildman–Crippen LogP) is 6.38. The van der Waals surface area contributed by atoms with Gasteiger partial charge in [0.2, 0.25) is 0 Å². The number of halogens is 1. The zero-order valence-electron chi connectivity index (χ0n) is 25.5. The lowest BCUT2D eigenvalue weighted by molar-refractivity contribution is -0.0125. The molecule has 0 spiro atoms. The average Bonchev–Trinajstić information content (AvgIpc) is 3.66. The monoisotopic (exact) mass is 679 g/mol. The molecule has 0 aliphatic carbocycles. The molecule has 12 heteroatoms. The van der Waals surface area contributed by atoms with Crippen LogP contribution in [0.3, 0.4) is 0 Å². The lowest BCUT2D eigenvalue weighted by atomic mass is 9.85. The van der Waals surface area contributed by atoms with Gasteiger partial charge in [-0.05, 0) is 79.0 Å². The number of aryl methyl sites for hydroxylation is 2. The minimum Gasteiger partial charge on any atom is -0.444 e. The van der Waals surface area contributed by atoms with Gasteiger partial charge in [0.25, 0.3) is 10.0 Å². The first kappa shape index (κ1) is 30.3. The van der Waals surface area contributed by atoms with E-state index in [-0.39, 0.29) is 17.1 Å². The van der Waals surface area contributed by atoms with Crippen molar-refractivity contribution in [3.63, 3.8) is 0 Å². The summed E-state index contributed by atoms with van der Waals surface area (Å²) in [6.07, 6.45) is 3.51. The summed E-state index contributed by atoms with van der Waals surface area (Å²) >= 11 is 3.71. The highest BCUT2D eigenvalue weighted by Gasteiger charge is 2.46. The summed E-state index contributed by atoms with van der Waals surface area (Å²) in [6, 6.07) is 14.2. The second-order valence-corrected chi connectivity index (χ2v) is 14.7. The molecule has 10 nitrogen and oxygen atoms in total. The molecule has 1 unspecified atom stereocenters. The minimum atomic E-state index is -4.08. The maximum absolute atomic E-state index is 14.2. The highest BCUT2D eigenvalue weighted by Crippen LogP contribution is 2.48. The fraction of sp³-hybridized carbons (Fsp3) is 0.344. The van der Waals surface area contributed by atoms with Crippen molar-refractivity contribution in [2.45, 2.75) is 50.2 Å². The van der Waals surface area contributed by atoms with Crippen molar-refractivity contribution in [1.29, 1.82) is 0 Å². The van der Waals surface area contributed by atoms with Crippen LogP contribution in [0.1, 0.15) is 38.3 Å². The number of likely N-dealkylation sites (tertiary alicyclic amines) is 1. The quantitative estimate of drug-likeness (QED) is 0.212. The molecule has 0 saturated carbocycles. The molecule has 2 aromatic carbocycles. The van der Waals surface area contributed by atoms with Crippen molar-refractivity contribution in [2.75, 3.05) is 20.2 Å². The molecule has 1 atom stereocenters. The lowest BCUT2D eigenvalue weighted by Crippen LogP contribution is -2.39. The van der Waals surface area contributed by atoms with Gasteiger partial charge in [0.1, 0.15) is 15.8 Å². The molecule has 0 bridgehead atoms. The molecule has 44 heavy (non-hydrogen) atoms. The highest BCUT2D eigenvalue weighted by atomic mass is 79.9. The number of carbonyl (C=O) groups is 1. The summed E-state index contributed by atoms with van der Waals surface area (Å²) in [7, 11) is -0.582. The van der Waals surface area contributed by atoms with Gasteiger partial charge in [0.15, 0.2) is 5.65 Å². The number of methoxy groups -OCH3 is 1. The van der Waals surface area contributed by atoms with Crippen LogP contribution in [0.5, 0.6) is 0 Å². The zero-order valence-corrected chi connectivity index (χ0v) is 27.9. The van der Waals surface area contributed by atoms with E-state index in [2.05, 4.69) is 21.0 Å². The van der Waals surface area contributed by atoms with Crippen LogP contribution in [-0.2, 0) is 32.1 Å². The van der Waals surface area contributed by atoms with E-state index in [1.54, 1.807) is 59.4 Å². The summed E-state index contributed by atoms with van der Waals surface area (Å²) in [5.41, 5.74) is 2.64. The Balaban J connectivity index is 1.65. The predicted molar refractivity (Wildman–Crippen MR) is 172 cm³/mol. The van der Waals surface area contributed by atoms with Crippen molar-refractivity contribution in [3.8, 4) is 11.1 Å². The molecular formula is C32H34BrN5O5S. The van der Waals surface area contributed by atoms with E-state index in [0.717, 1.165) is 27.6 Å². The van der Waals surface area contributed by atoms with Crippen molar-refractivity contribution < 1.29 is 22.7 Å². The normalized spacial score (nSPS) is 17.6. The maximum atomic E-state index is 14.2. The van der Waals surface area contributed by atoms with E-state index in [1.165, 1.54) is 3.97 Å². The molecular weight excluding hydrogens is 646 g/mol. The third-order valence-corrected chi connectivity index (χ3v) is 10.8. The van der Waals surface area contributed by atoms with Crippen LogP contribution < -0.4 is 0 Å². The van der Waals surface area contributed by atoms with Crippen LogP contribution in [0.15, 0.2) is 70.4 Å². The molecule has 5 aromatic rings. The number of ether oxygens (including phenoxy) is 2. The average molecular weight is 681 g/mol. The van der Waals surface area contributed by atoms with E-state index >= 15 is 0 Å². The molecule has 1 saturated heterocycles. The number of aromatic nitrogens is 4. The number of benzene rings is 2. The largest absolute Gasteiger partial charge is 0.444 e.